The highest BCUT2D eigenvalue weighted by Gasteiger charge is 2.01. The normalized spacial score (nSPS) is 10.1. The molecular formula is C9H11ClN4. The van der Waals surface area contributed by atoms with Crippen molar-refractivity contribution in [3.8, 4) is 6.07 Å². The van der Waals surface area contributed by atoms with Crippen molar-refractivity contribution in [3.05, 3.63) is 23.0 Å². The molecule has 74 valence electrons. The van der Waals surface area contributed by atoms with Crippen LogP contribution in [0.25, 0.3) is 0 Å². The van der Waals surface area contributed by atoms with E-state index >= 15 is 0 Å². The molecule has 4 nitrogen and oxygen atoms in total. The summed E-state index contributed by atoms with van der Waals surface area (Å²) in [6, 6.07) is 5.64. The first-order valence-electron chi connectivity index (χ1n) is 4.26. The van der Waals surface area contributed by atoms with Crippen LogP contribution in [0.15, 0.2) is 12.1 Å². The zero-order valence-corrected chi connectivity index (χ0v) is 8.70. The van der Waals surface area contributed by atoms with Gasteiger partial charge in [-0.05, 0) is 19.2 Å². The highest BCUT2D eigenvalue weighted by Crippen LogP contribution is 2.04. The third kappa shape index (κ3) is 3.69. The fraction of sp³-hybridized carbons (Fsp3) is 0.444. The molecule has 0 aliphatic rings. The van der Waals surface area contributed by atoms with Crippen LogP contribution in [0.3, 0.4) is 0 Å². The third-order valence-electron chi connectivity index (χ3n) is 1.72. The third-order valence-corrected chi connectivity index (χ3v) is 1.93. The largest absolute Gasteiger partial charge is 0.299 e. The second-order valence-electron chi connectivity index (χ2n) is 2.99. The lowest BCUT2D eigenvalue weighted by molar-refractivity contribution is 0.329. The fourth-order valence-corrected chi connectivity index (χ4v) is 1.13. The lowest BCUT2D eigenvalue weighted by atomic mass is 10.3. The van der Waals surface area contributed by atoms with Gasteiger partial charge in [0.15, 0.2) is 5.15 Å². The summed E-state index contributed by atoms with van der Waals surface area (Å²) >= 11 is 5.60. The molecule has 0 saturated heterocycles. The molecule has 0 bridgehead atoms. The van der Waals surface area contributed by atoms with Crippen LogP contribution in [-0.4, -0.2) is 28.7 Å². The van der Waals surface area contributed by atoms with E-state index in [0.717, 1.165) is 12.2 Å². The van der Waals surface area contributed by atoms with Gasteiger partial charge in [-0.15, -0.1) is 5.10 Å². The number of nitrogens with zero attached hydrogens (tertiary/aromatic N) is 4. The van der Waals surface area contributed by atoms with E-state index in [9.17, 15) is 0 Å². The number of hydrogen-bond donors (Lipinski definition) is 0. The van der Waals surface area contributed by atoms with Gasteiger partial charge in [-0.2, -0.15) is 10.4 Å². The first-order chi connectivity index (χ1) is 6.72. The molecule has 0 aromatic carbocycles. The first kappa shape index (κ1) is 10.9. The van der Waals surface area contributed by atoms with Crippen molar-refractivity contribution < 1.29 is 0 Å². The topological polar surface area (TPSA) is 52.8 Å². The van der Waals surface area contributed by atoms with Gasteiger partial charge in [-0.25, -0.2) is 0 Å². The summed E-state index contributed by atoms with van der Waals surface area (Å²) in [5.74, 6) is 0. The number of halogens is 1. The highest BCUT2D eigenvalue weighted by molar-refractivity contribution is 6.29. The van der Waals surface area contributed by atoms with Gasteiger partial charge in [0.2, 0.25) is 0 Å². The molecule has 0 radical (unpaired) electrons. The summed E-state index contributed by atoms with van der Waals surface area (Å²) in [6.07, 6.45) is 0.525. The van der Waals surface area contributed by atoms with E-state index in [1.165, 1.54) is 0 Å². The molecule has 0 atom stereocenters. The van der Waals surface area contributed by atoms with E-state index in [4.69, 9.17) is 16.9 Å². The van der Waals surface area contributed by atoms with Crippen LogP contribution in [0.4, 0.5) is 0 Å². The van der Waals surface area contributed by atoms with Crippen molar-refractivity contribution in [1.29, 1.82) is 5.26 Å². The monoisotopic (exact) mass is 210 g/mol. The molecule has 1 aromatic rings. The molecule has 0 aliphatic heterocycles. The van der Waals surface area contributed by atoms with Gasteiger partial charge in [-0.1, -0.05) is 11.6 Å². The van der Waals surface area contributed by atoms with Crippen molar-refractivity contribution >= 4 is 11.6 Å². The Hall–Kier alpha value is -1.18. The van der Waals surface area contributed by atoms with Gasteiger partial charge in [0.25, 0.3) is 0 Å². The summed E-state index contributed by atoms with van der Waals surface area (Å²) in [6.45, 7) is 1.42. The molecule has 0 unspecified atom stereocenters. The van der Waals surface area contributed by atoms with Gasteiger partial charge in [0, 0.05) is 19.5 Å². The molecule has 0 fully saturated rings. The Morgan fingerprint density at radius 2 is 2.29 bits per heavy atom. The van der Waals surface area contributed by atoms with Crippen LogP contribution < -0.4 is 0 Å². The molecule has 5 heteroatoms. The maximum absolute atomic E-state index is 8.40. The Labute approximate surface area is 88.1 Å². The minimum atomic E-state index is 0.397. The average molecular weight is 211 g/mol. The second kappa shape index (κ2) is 5.53. The number of rotatable bonds is 4. The maximum atomic E-state index is 8.40. The highest BCUT2D eigenvalue weighted by atomic mass is 35.5. The molecule has 1 rings (SSSR count). The van der Waals surface area contributed by atoms with Crippen LogP contribution in [-0.2, 0) is 6.54 Å². The number of hydrogen-bond acceptors (Lipinski definition) is 4. The van der Waals surface area contributed by atoms with Gasteiger partial charge in [0.1, 0.15) is 0 Å². The SMILES string of the molecule is CN(CCC#N)Cc1ccc(Cl)nn1. The minimum absolute atomic E-state index is 0.397. The first-order valence-corrected chi connectivity index (χ1v) is 4.64. The standard InChI is InChI=1S/C9H11ClN4/c1-14(6-2-5-11)7-8-3-4-9(10)13-12-8/h3-4H,2,6-7H2,1H3. The molecule has 0 aliphatic carbocycles. The zero-order chi connectivity index (χ0) is 10.4. The number of nitriles is 1. The predicted molar refractivity (Wildman–Crippen MR) is 53.6 cm³/mol. The van der Waals surface area contributed by atoms with E-state index in [1.807, 2.05) is 18.0 Å². The van der Waals surface area contributed by atoms with Gasteiger partial charge in [0.05, 0.1) is 11.8 Å². The summed E-state index contributed by atoms with van der Waals surface area (Å²) in [7, 11) is 1.94. The second-order valence-corrected chi connectivity index (χ2v) is 3.38. The van der Waals surface area contributed by atoms with Crippen LogP contribution in [0.2, 0.25) is 5.15 Å². The van der Waals surface area contributed by atoms with Crippen molar-refractivity contribution in [3.63, 3.8) is 0 Å². The van der Waals surface area contributed by atoms with Crippen LogP contribution in [0, 0.1) is 11.3 Å². The van der Waals surface area contributed by atoms with Gasteiger partial charge >= 0.3 is 0 Å². The van der Waals surface area contributed by atoms with Crippen LogP contribution >= 0.6 is 11.6 Å². The Morgan fingerprint density at radius 3 is 2.86 bits per heavy atom. The molecule has 0 saturated carbocycles. The summed E-state index contributed by atoms with van der Waals surface area (Å²) < 4.78 is 0. The Morgan fingerprint density at radius 1 is 1.50 bits per heavy atom. The van der Waals surface area contributed by atoms with Crippen molar-refractivity contribution in [2.24, 2.45) is 0 Å². The Balaban J connectivity index is 2.44. The molecule has 14 heavy (non-hydrogen) atoms. The average Bonchev–Trinajstić information content (AvgIpc) is 2.18. The quantitative estimate of drug-likeness (QED) is 0.756. The van der Waals surface area contributed by atoms with Gasteiger partial charge < -0.3 is 0 Å². The van der Waals surface area contributed by atoms with Crippen molar-refractivity contribution in [2.75, 3.05) is 13.6 Å². The Bertz CT molecular complexity index is 317. The minimum Gasteiger partial charge on any atom is -0.299 e. The molecule has 0 amide bonds. The predicted octanol–water partition coefficient (Wildman–Crippen LogP) is 1.48. The van der Waals surface area contributed by atoms with E-state index in [0.29, 0.717) is 18.1 Å². The van der Waals surface area contributed by atoms with E-state index in [1.54, 1.807) is 6.07 Å². The fourth-order valence-electron chi connectivity index (χ4n) is 1.02. The van der Waals surface area contributed by atoms with E-state index in [-0.39, 0.29) is 0 Å². The smallest absolute Gasteiger partial charge is 0.151 e. The van der Waals surface area contributed by atoms with Gasteiger partial charge in [-0.3, -0.25) is 4.90 Å². The van der Waals surface area contributed by atoms with Crippen molar-refractivity contribution in [2.45, 2.75) is 13.0 Å². The molecule has 1 heterocycles. The molecule has 1 aromatic heterocycles. The summed E-state index contributed by atoms with van der Waals surface area (Å²) in [4.78, 5) is 2.02. The molecular weight excluding hydrogens is 200 g/mol. The Kier molecular flexibility index (Phi) is 4.30. The zero-order valence-electron chi connectivity index (χ0n) is 7.94. The number of aromatic nitrogens is 2. The van der Waals surface area contributed by atoms with E-state index < -0.39 is 0 Å². The molecule has 0 spiro atoms. The lowest BCUT2D eigenvalue weighted by Crippen LogP contribution is -2.19. The van der Waals surface area contributed by atoms with E-state index in [2.05, 4.69) is 16.3 Å². The van der Waals surface area contributed by atoms with Crippen molar-refractivity contribution in [1.82, 2.24) is 15.1 Å². The summed E-state index contributed by atoms with van der Waals surface area (Å²) in [5.41, 5.74) is 0.856. The lowest BCUT2D eigenvalue weighted by Gasteiger charge is -2.13. The molecule has 0 N–H and O–H groups in total. The van der Waals surface area contributed by atoms with Crippen LogP contribution in [0.1, 0.15) is 12.1 Å². The van der Waals surface area contributed by atoms with Crippen LogP contribution in [0.5, 0.6) is 0 Å². The maximum Gasteiger partial charge on any atom is 0.151 e. The summed E-state index contributed by atoms with van der Waals surface area (Å²) in [5, 5.41) is 16.4.